The highest BCUT2D eigenvalue weighted by Gasteiger charge is 2.26. The van der Waals surface area contributed by atoms with Crippen molar-refractivity contribution in [2.75, 3.05) is 10.6 Å². The Balaban J connectivity index is 0.000000900. The lowest BCUT2D eigenvalue weighted by atomic mass is 9.82. The van der Waals surface area contributed by atoms with Crippen LogP contribution in [-0.4, -0.2) is 15.5 Å². The Morgan fingerprint density at radius 3 is 1.76 bits per heavy atom. The van der Waals surface area contributed by atoms with Crippen molar-refractivity contribution in [1.82, 2.24) is 9.97 Å². The molecule has 2 aromatic carbocycles. The zero-order valence-electron chi connectivity index (χ0n) is 25.8. The second kappa shape index (κ2) is 17.6. The first kappa shape index (κ1) is 34.1. The van der Waals surface area contributed by atoms with Gasteiger partial charge in [0.2, 0.25) is 5.95 Å². The summed E-state index contributed by atoms with van der Waals surface area (Å²) in [4.78, 5) is 9.29. The Bertz CT molecular complexity index is 971. The van der Waals surface area contributed by atoms with E-state index in [9.17, 15) is 0 Å². The van der Waals surface area contributed by atoms with Crippen LogP contribution in [0.5, 0.6) is 0 Å². The summed E-state index contributed by atoms with van der Waals surface area (Å²) in [5.74, 6) is 1.51. The van der Waals surface area contributed by atoms with Gasteiger partial charge in [0.25, 0.3) is 0 Å². The van der Waals surface area contributed by atoms with Crippen molar-refractivity contribution in [1.29, 1.82) is 0 Å². The molecule has 0 aliphatic carbocycles. The second-order valence-corrected chi connectivity index (χ2v) is 10.5. The lowest BCUT2D eigenvalue weighted by molar-refractivity contribution is 0.302. The number of rotatable bonds is 7. The van der Waals surface area contributed by atoms with Gasteiger partial charge in [0.15, 0.2) is 0 Å². The van der Waals surface area contributed by atoms with Crippen LogP contribution in [0.15, 0.2) is 60.7 Å². The summed E-state index contributed by atoms with van der Waals surface area (Å²) in [6, 6.07) is 20.8. The zero-order valence-corrected chi connectivity index (χ0v) is 25.8. The molecule has 0 amide bonds. The summed E-state index contributed by atoms with van der Waals surface area (Å²) in [5.41, 5.74) is 4.88. The number of hydrogen-bond acceptors (Lipinski definition) is 4. The maximum absolute atomic E-state index is 4.68. The van der Waals surface area contributed by atoms with E-state index in [1.807, 2.05) is 52.0 Å². The average molecular weight is 507 g/mol. The molecule has 0 spiro atoms. The van der Waals surface area contributed by atoms with Gasteiger partial charge in [-0.05, 0) is 63.1 Å². The summed E-state index contributed by atoms with van der Waals surface area (Å²) in [6.45, 7) is 25.6. The maximum atomic E-state index is 4.68. The van der Waals surface area contributed by atoms with Crippen LogP contribution in [0, 0.1) is 12.3 Å². The minimum atomic E-state index is -0.0429. The highest BCUT2D eigenvalue weighted by atomic mass is 15.2. The van der Waals surface area contributed by atoms with Gasteiger partial charge < -0.3 is 10.6 Å². The van der Waals surface area contributed by atoms with E-state index in [4.69, 9.17) is 0 Å². The van der Waals surface area contributed by atoms with Crippen LogP contribution >= 0.6 is 0 Å². The van der Waals surface area contributed by atoms with E-state index in [0.29, 0.717) is 5.95 Å². The van der Waals surface area contributed by atoms with Crippen molar-refractivity contribution in [2.45, 2.75) is 108 Å². The smallest absolute Gasteiger partial charge is 0.229 e. The molecule has 3 aromatic rings. The molecular formula is C33H54N4. The van der Waals surface area contributed by atoms with Crippen molar-refractivity contribution in [2.24, 2.45) is 5.41 Å². The third kappa shape index (κ3) is 15.1. The Morgan fingerprint density at radius 1 is 0.730 bits per heavy atom. The van der Waals surface area contributed by atoms with Crippen LogP contribution in [-0.2, 0) is 12.8 Å². The van der Waals surface area contributed by atoms with Gasteiger partial charge in [0.1, 0.15) is 5.82 Å². The second-order valence-electron chi connectivity index (χ2n) is 10.5. The van der Waals surface area contributed by atoms with Gasteiger partial charge >= 0.3 is 0 Å². The SMILES string of the molecule is CC.CC.CCc1cc(NC(C)(C)CC(C)(C)C)nc(Nc2ccc(C)cc2)n1.CCc1ccccc1. The van der Waals surface area contributed by atoms with Crippen molar-refractivity contribution >= 4 is 17.5 Å². The van der Waals surface area contributed by atoms with Crippen molar-refractivity contribution in [3.63, 3.8) is 0 Å². The Morgan fingerprint density at radius 2 is 1.30 bits per heavy atom. The number of aryl methyl sites for hydroxylation is 3. The average Bonchev–Trinajstić information content (AvgIpc) is 2.87. The monoisotopic (exact) mass is 506 g/mol. The molecule has 4 nitrogen and oxygen atoms in total. The molecule has 0 saturated carbocycles. The number of nitrogens with zero attached hydrogens (tertiary/aromatic N) is 2. The van der Waals surface area contributed by atoms with E-state index in [1.165, 1.54) is 11.1 Å². The van der Waals surface area contributed by atoms with Crippen LogP contribution in [0.3, 0.4) is 0 Å². The number of anilines is 3. The predicted octanol–water partition coefficient (Wildman–Crippen LogP) is 10.0. The molecule has 206 valence electrons. The molecule has 0 aliphatic rings. The Kier molecular flexibility index (Phi) is 16.2. The zero-order chi connectivity index (χ0) is 28.5. The van der Waals surface area contributed by atoms with E-state index >= 15 is 0 Å². The largest absolute Gasteiger partial charge is 0.365 e. The third-order valence-corrected chi connectivity index (χ3v) is 5.14. The summed E-state index contributed by atoms with van der Waals surface area (Å²) < 4.78 is 0. The molecule has 0 saturated heterocycles. The first-order valence-electron chi connectivity index (χ1n) is 14.0. The van der Waals surface area contributed by atoms with Crippen molar-refractivity contribution in [3.8, 4) is 0 Å². The lowest BCUT2D eigenvalue weighted by Gasteiger charge is -2.33. The molecule has 37 heavy (non-hydrogen) atoms. The lowest BCUT2D eigenvalue weighted by Crippen LogP contribution is -2.35. The first-order valence-corrected chi connectivity index (χ1v) is 14.0. The summed E-state index contributed by atoms with van der Waals surface area (Å²) in [7, 11) is 0. The number of nitrogens with one attached hydrogen (secondary N) is 2. The quantitative estimate of drug-likeness (QED) is 0.335. The highest BCUT2D eigenvalue weighted by Crippen LogP contribution is 2.29. The molecule has 0 aliphatic heterocycles. The normalized spacial score (nSPS) is 10.5. The molecule has 0 bridgehead atoms. The van der Waals surface area contributed by atoms with Gasteiger partial charge in [-0.3, -0.25) is 0 Å². The van der Waals surface area contributed by atoms with Gasteiger partial charge in [-0.25, -0.2) is 4.98 Å². The van der Waals surface area contributed by atoms with Gasteiger partial charge in [-0.2, -0.15) is 4.98 Å². The Hall–Kier alpha value is -2.88. The van der Waals surface area contributed by atoms with Crippen LogP contribution in [0.2, 0.25) is 0 Å². The molecule has 2 N–H and O–H groups in total. The molecule has 0 radical (unpaired) electrons. The molecule has 1 aromatic heterocycles. The summed E-state index contributed by atoms with van der Waals surface area (Å²) in [6.07, 6.45) is 3.06. The van der Waals surface area contributed by atoms with E-state index in [0.717, 1.165) is 36.5 Å². The topological polar surface area (TPSA) is 49.8 Å². The summed E-state index contributed by atoms with van der Waals surface area (Å²) >= 11 is 0. The van der Waals surface area contributed by atoms with Crippen molar-refractivity contribution < 1.29 is 0 Å². The molecule has 0 fully saturated rings. The molecular weight excluding hydrogens is 452 g/mol. The fourth-order valence-electron chi connectivity index (χ4n) is 3.99. The van der Waals surface area contributed by atoms with Crippen molar-refractivity contribution in [3.05, 3.63) is 77.5 Å². The first-order chi connectivity index (χ1) is 17.5. The van der Waals surface area contributed by atoms with E-state index < -0.39 is 0 Å². The molecule has 0 unspecified atom stereocenters. The van der Waals surface area contributed by atoms with Gasteiger partial charge in [-0.1, -0.05) is 110 Å². The molecule has 4 heteroatoms. The van der Waals surface area contributed by atoms with E-state index in [2.05, 4.69) is 112 Å². The standard InChI is InChI=1S/C21H32N4.C8H10.2C2H6/c1-8-16-13-18(25-21(6,7)14-20(3,4)5)24-19(22-16)23-17-11-9-15(2)10-12-17;1-2-8-6-4-3-5-7-8;2*1-2/h9-13H,8,14H2,1-7H3,(H2,22,23,24,25);3-7H,2H2,1H3;2*1-2H3. The maximum Gasteiger partial charge on any atom is 0.229 e. The fraction of sp³-hybridized carbons (Fsp3) is 0.515. The van der Waals surface area contributed by atoms with Gasteiger partial charge in [-0.15, -0.1) is 0 Å². The summed E-state index contributed by atoms with van der Waals surface area (Å²) in [5, 5.41) is 6.91. The molecule has 0 atom stereocenters. The molecule has 1 heterocycles. The van der Waals surface area contributed by atoms with Crippen LogP contribution in [0.4, 0.5) is 17.5 Å². The van der Waals surface area contributed by atoms with E-state index in [-0.39, 0.29) is 11.0 Å². The predicted molar refractivity (Wildman–Crippen MR) is 166 cm³/mol. The highest BCUT2D eigenvalue weighted by molar-refractivity contribution is 5.56. The minimum Gasteiger partial charge on any atom is -0.365 e. The van der Waals surface area contributed by atoms with Crippen LogP contribution in [0.1, 0.15) is 99.4 Å². The van der Waals surface area contributed by atoms with Gasteiger partial charge in [0.05, 0.1) is 0 Å². The molecule has 3 rings (SSSR count). The number of aromatic nitrogens is 2. The third-order valence-electron chi connectivity index (χ3n) is 5.14. The number of hydrogen-bond donors (Lipinski definition) is 2. The van der Waals surface area contributed by atoms with E-state index in [1.54, 1.807) is 0 Å². The Labute approximate surface area is 228 Å². The van der Waals surface area contributed by atoms with Crippen LogP contribution < -0.4 is 10.6 Å². The van der Waals surface area contributed by atoms with Crippen LogP contribution in [0.25, 0.3) is 0 Å². The van der Waals surface area contributed by atoms with Gasteiger partial charge in [0, 0.05) is 23.0 Å². The fourth-order valence-corrected chi connectivity index (χ4v) is 3.99. The minimum absolute atomic E-state index is 0.0429. The number of benzene rings is 2.